The number of aromatic nitrogens is 2. The first-order chi connectivity index (χ1) is 17.9. The number of aromatic amines is 1. The number of H-pyrrole nitrogens is 1. The Morgan fingerprint density at radius 3 is 2.65 bits per heavy atom. The minimum atomic E-state index is -0.468. The van der Waals surface area contributed by atoms with Crippen molar-refractivity contribution in [1.29, 1.82) is 5.26 Å². The van der Waals surface area contributed by atoms with Gasteiger partial charge in [-0.15, -0.1) is 0 Å². The van der Waals surface area contributed by atoms with Crippen molar-refractivity contribution in [2.75, 3.05) is 28.3 Å². The van der Waals surface area contributed by atoms with Gasteiger partial charge in [-0.1, -0.05) is 24.3 Å². The summed E-state index contributed by atoms with van der Waals surface area (Å²) in [6.07, 6.45) is 5.11. The van der Waals surface area contributed by atoms with Gasteiger partial charge < -0.3 is 24.7 Å². The molecular weight excluding hydrogens is 466 g/mol. The summed E-state index contributed by atoms with van der Waals surface area (Å²) in [6.45, 7) is 1.05. The van der Waals surface area contributed by atoms with E-state index in [2.05, 4.69) is 38.4 Å². The third-order valence-corrected chi connectivity index (χ3v) is 5.91. The van der Waals surface area contributed by atoms with Gasteiger partial charge >= 0.3 is 0 Å². The maximum absolute atomic E-state index is 12.9. The van der Waals surface area contributed by atoms with Crippen LogP contribution in [0, 0.1) is 11.3 Å². The lowest BCUT2D eigenvalue weighted by molar-refractivity contribution is -0.117. The number of methoxy groups -OCH3 is 2. The molecule has 8 heteroatoms. The molecule has 4 rings (SSSR count). The Morgan fingerprint density at radius 1 is 1.11 bits per heavy atom. The molecule has 0 saturated heterocycles. The van der Waals surface area contributed by atoms with Crippen molar-refractivity contribution in [3.05, 3.63) is 83.2 Å². The second kappa shape index (κ2) is 11.4. The lowest BCUT2D eigenvalue weighted by Gasteiger charge is -2.12. The van der Waals surface area contributed by atoms with Gasteiger partial charge in [-0.2, -0.15) is 5.26 Å². The molecule has 1 amide bonds. The number of nitrogens with zero attached hydrogens (tertiary/aromatic N) is 3. The minimum Gasteiger partial charge on any atom is -0.493 e. The number of carbonyl (C=O) groups is 1. The number of rotatable bonds is 9. The summed E-state index contributed by atoms with van der Waals surface area (Å²) < 4.78 is 10.6. The normalized spacial score (nSPS) is 11.4. The van der Waals surface area contributed by atoms with Crippen LogP contribution in [0.1, 0.15) is 16.7 Å². The van der Waals surface area contributed by atoms with Crippen molar-refractivity contribution in [2.45, 2.75) is 13.1 Å². The Kier molecular flexibility index (Phi) is 7.86. The highest BCUT2D eigenvalue weighted by Gasteiger charge is 2.15. The largest absolute Gasteiger partial charge is 0.493 e. The van der Waals surface area contributed by atoms with Crippen LogP contribution in [0.15, 0.2) is 66.5 Å². The zero-order valence-corrected chi connectivity index (χ0v) is 21.3. The van der Waals surface area contributed by atoms with Gasteiger partial charge in [-0.05, 0) is 66.7 Å². The van der Waals surface area contributed by atoms with Crippen LogP contribution in [0.25, 0.3) is 28.2 Å². The zero-order valence-electron chi connectivity index (χ0n) is 21.3. The fourth-order valence-electron chi connectivity index (χ4n) is 4.21. The van der Waals surface area contributed by atoms with E-state index in [1.807, 2.05) is 38.4 Å². The first-order valence-corrected chi connectivity index (χ1v) is 11.7. The van der Waals surface area contributed by atoms with Crippen LogP contribution in [0.3, 0.4) is 0 Å². The smallest absolute Gasteiger partial charge is 0.262 e. The van der Waals surface area contributed by atoms with Gasteiger partial charge in [0, 0.05) is 36.4 Å². The molecule has 0 saturated carbocycles. The van der Waals surface area contributed by atoms with E-state index in [1.54, 1.807) is 44.8 Å². The maximum atomic E-state index is 12.9. The van der Waals surface area contributed by atoms with Crippen molar-refractivity contribution < 1.29 is 14.3 Å². The topological polar surface area (TPSA) is 103 Å². The van der Waals surface area contributed by atoms with Crippen molar-refractivity contribution in [2.24, 2.45) is 0 Å². The fraction of sp³-hybridized carbons (Fsp3) is 0.207. The number of pyridine rings is 1. The van der Waals surface area contributed by atoms with Crippen molar-refractivity contribution >= 4 is 23.0 Å². The van der Waals surface area contributed by atoms with Crippen LogP contribution in [-0.4, -0.2) is 49.1 Å². The van der Waals surface area contributed by atoms with Gasteiger partial charge in [0.15, 0.2) is 11.5 Å². The van der Waals surface area contributed by atoms with Gasteiger partial charge in [0.05, 0.1) is 14.2 Å². The molecule has 0 aliphatic rings. The van der Waals surface area contributed by atoms with Crippen LogP contribution in [0.5, 0.6) is 11.5 Å². The Labute approximate surface area is 216 Å². The van der Waals surface area contributed by atoms with Crippen LogP contribution >= 0.6 is 0 Å². The SMILES string of the molecule is COc1ccc(CNC(=O)/C(C#N)=C/c2c[nH]c3nccc(-c4cccc(CN(C)C)c4)c23)cc1OC. The molecule has 0 aliphatic carbocycles. The van der Waals surface area contributed by atoms with Crippen molar-refractivity contribution in [3.63, 3.8) is 0 Å². The summed E-state index contributed by atoms with van der Waals surface area (Å²) in [7, 11) is 7.19. The number of hydrogen-bond acceptors (Lipinski definition) is 6. The monoisotopic (exact) mass is 495 g/mol. The number of amides is 1. The van der Waals surface area contributed by atoms with E-state index in [1.165, 1.54) is 5.56 Å². The second-order valence-electron chi connectivity index (χ2n) is 8.81. The molecule has 2 heterocycles. The van der Waals surface area contributed by atoms with Crippen LogP contribution in [-0.2, 0) is 17.9 Å². The van der Waals surface area contributed by atoms with E-state index in [0.29, 0.717) is 22.7 Å². The third-order valence-electron chi connectivity index (χ3n) is 5.91. The molecule has 0 spiro atoms. The molecular formula is C29H29N5O3. The van der Waals surface area contributed by atoms with E-state index in [0.717, 1.165) is 28.6 Å². The Hall–Kier alpha value is -4.61. The molecule has 37 heavy (non-hydrogen) atoms. The summed E-state index contributed by atoms with van der Waals surface area (Å²) >= 11 is 0. The zero-order chi connectivity index (χ0) is 26.4. The molecule has 4 aromatic rings. The molecule has 0 radical (unpaired) electrons. The first-order valence-electron chi connectivity index (χ1n) is 11.7. The predicted molar refractivity (Wildman–Crippen MR) is 144 cm³/mol. The number of nitriles is 1. The summed E-state index contributed by atoms with van der Waals surface area (Å²) in [6, 6.07) is 17.7. The van der Waals surface area contributed by atoms with Crippen LogP contribution in [0.4, 0.5) is 0 Å². The molecule has 0 bridgehead atoms. The number of fused-ring (bicyclic) bond motifs is 1. The summed E-state index contributed by atoms with van der Waals surface area (Å²) in [5.41, 5.74) is 5.42. The maximum Gasteiger partial charge on any atom is 0.262 e. The van der Waals surface area contributed by atoms with Gasteiger partial charge in [0.2, 0.25) is 0 Å². The molecule has 8 nitrogen and oxygen atoms in total. The van der Waals surface area contributed by atoms with Gasteiger partial charge in [0.1, 0.15) is 17.3 Å². The number of carbonyl (C=O) groups excluding carboxylic acids is 1. The number of benzene rings is 2. The lowest BCUT2D eigenvalue weighted by Crippen LogP contribution is -2.24. The average Bonchev–Trinajstić information content (AvgIpc) is 3.32. The molecule has 188 valence electrons. The average molecular weight is 496 g/mol. The Bertz CT molecular complexity index is 1500. The summed E-state index contributed by atoms with van der Waals surface area (Å²) in [5.74, 6) is 0.704. The predicted octanol–water partition coefficient (Wildman–Crippen LogP) is 4.53. The molecule has 0 fully saturated rings. The lowest BCUT2D eigenvalue weighted by atomic mass is 9.98. The molecule has 2 aromatic heterocycles. The van der Waals surface area contributed by atoms with E-state index in [-0.39, 0.29) is 12.1 Å². The quantitative estimate of drug-likeness (QED) is 0.261. The highest BCUT2D eigenvalue weighted by atomic mass is 16.5. The Morgan fingerprint density at radius 2 is 1.92 bits per heavy atom. The van der Waals surface area contributed by atoms with Gasteiger partial charge in [-0.3, -0.25) is 4.79 Å². The Balaban J connectivity index is 1.62. The van der Waals surface area contributed by atoms with E-state index in [9.17, 15) is 10.1 Å². The molecule has 0 atom stereocenters. The van der Waals surface area contributed by atoms with E-state index in [4.69, 9.17) is 9.47 Å². The summed E-state index contributed by atoms with van der Waals surface area (Å²) in [5, 5.41) is 13.4. The van der Waals surface area contributed by atoms with E-state index < -0.39 is 5.91 Å². The highest BCUT2D eigenvalue weighted by Crippen LogP contribution is 2.32. The van der Waals surface area contributed by atoms with Crippen molar-refractivity contribution in [3.8, 4) is 28.7 Å². The number of hydrogen-bond donors (Lipinski definition) is 2. The van der Waals surface area contributed by atoms with Crippen LogP contribution in [0.2, 0.25) is 0 Å². The fourth-order valence-corrected chi connectivity index (χ4v) is 4.21. The second-order valence-corrected chi connectivity index (χ2v) is 8.81. The van der Waals surface area contributed by atoms with Gasteiger partial charge in [0.25, 0.3) is 5.91 Å². The number of ether oxygens (including phenoxy) is 2. The minimum absolute atomic E-state index is 0.00228. The third kappa shape index (κ3) is 5.80. The van der Waals surface area contributed by atoms with Crippen molar-refractivity contribution in [1.82, 2.24) is 20.2 Å². The van der Waals surface area contributed by atoms with Crippen LogP contribution < -0.4 is 14.8 Å². The highest BCUT2D eigenvalue weighted by molar-refractivity contribution is 6.06. The molecule has 0 unspecified atom stereocenters. The molecule has 2 N–H and O–H groups in total. The molecule has 0 aliphatic heterocycles. The number of nitrogens with one attached hydrogen (secondary N) is 2. The molecule has 2 aromatic carbocycles. The standard InChI is InChI=1S/C29H29N5O3/c1-34(2)18-20-6-5-7-21(12-20)24-10-11-31-28-27(24)23(17-32-28)14-22(15-30)29(35)33-16-19-8-9-25(36-3)26(13-19)37-4/h5-14,17H,16,18H2,1-4H3,(H,31,32)(H,33,35)/b22-14+. The van der Waals surface area contributed by atoms with E-state index >= 15 is 0 Å². The summed E-state index contributed by atoms with van der Waals surface area (Å²) in [4.78, 5) is 22.6. The van der Waals surface area contributed by atoms with Gasteiger partial charge in [-0.25, -0.2) is 4.98 Å². The first kappa shape index (κ1) is 25.5.